The maximum atomic E-state index is 12.7. The van der Waals surface area contributed by atoms with Crippen molar-refractivity contribution in [3.8, 4) is 17.0 Å². The van der Waals surface area contributed by atoms with Crippen molar-refractivity contribution in [2.45, 2.75) is 39.7 Å². The summed E-state index contributed by atoms with van der Waals surface area (Å²) in [5, 5.41) is 3.47. The number of nitrogens with one attached hydrogen (secondary N) is 1. The molecule has 6 nitrogen and oxygen atoms in total. The molecule has 2 heterocycles. The van der Waals surface area contributed by atoms with Crippen molar-refractivity contribution in [3.63, 3.8) is 0 Å². The number of thiazole rings is 1. The average molecular weight is 388 g/mol. The second kappa shape index (κ2) is 8.08. The summed E-state index contributed by atoms with van der Waals surface area (Å²) < 4.78 is 5.19. The van der Waals surface area contributed by atoms with E-state index < -0.39 is 6.04 Å². The van der Waals surface area contributed by atoms with Gasteiger partial charge in [0.15, 0.2) is 5.13 Å². The SMILES string of the molecule is COc1ccc(-c2nc(NC(=O)C3CCCN3C(=O)C(C)C)sc2C)cc1. The normalized spacial score (nSPS) is 16.6. The fourth-order valence-electron chi connectivity index (χ4n) is 3.29. The molecule has 144 valence electrons. The number of rotatable bonds is 5. The maximum Gasteiger partial charge on any atom is 0.248 e. The Bertz CT molecular complexity index is 829. The van der Waals surface area contributed by atoms with Crippen LogP contribution in [0.2, 0.25) is 0 Å². The zero-order chi connectivity index (χ0) is 19.6. The molecule has 2 aromatic rings. The molecule has 0 saturated carbocycles. The number of carbonyl (C=O) groups excluding carboxylic acids is 2. The summed E-state index contributed by atoms with van der Waals surface area (Å²) in [6.45, 7) is 6.35. The molecule has 0 radical (unpaired) electrons. The van der Waals surface area contributed by atoms with E-state index in [1.165, 1.54) is 11.3 Å². The summed E-state index contributed by atoms with van der Waals surface area (Å²) in [4.78, 5) is 32.4. The lowest BCUT2D eigenvalue weighted by molar-refractivity contribution is -0.139. The van der Waals surface area contributed by atoms with E-state index in [4.69, 9.17) is 4.74 Å². The minimum atomic E-state index is -0.409. The van der Waals surface area contributed by atoms with Gasteiger partial charge in [0.05, 0.1) is 12.8 Å². The zero-order valence-electron chi connectivity index (χ0n) is 16.1. The average Bonchev–Trinajstić information content (AvgIpc) is 3.28. The van der Waals surface area contributed by atoms with Gasteiger partial charge in [0.25, 0.3) is 0 Å². The zero-order valence-corrected chi connectivity index (χ0v) is 16.9. The number of hydrogen-bond acceptors (Lipinski definition) is 5. The summed E-state index contributed by atoms with van der Waals surface area (Å²) >= 11 is 1.44. The number of methoxy groups -OCH3 is 1. The predicted octanol–water partition coefficient (Wildman–Crippen LogP) is 3.71. The van der Waals surface area contributed by atoms with Gasteiger partial charge in [-0.2, -0.15) is 0 Å². The van der Waals surface area contributed by atoms with Gasteiger partial charge in [-0.05, 0) is 44.0 Å². The minimum Gasteiger partial charge on any atom is -0.497 e. The molecule has 1 aromatic heterocycles. The van der Waals surface area contributed by atoms with Gasteiger partial charge in [0.2, 0.25) is 11.8 Å². The molecule has 1 aliphatic rings. The molecule has 1 N–H and O–H groups in total. The van der Waals surface area contributed by atoms with E-state index in [9.17, 15) is 9.59 Å². The number of hydrogen-bond donors (Lipinski definition) is 1. The van der Waals surface area contributed by atoms with Crippen molar-refractivity contribution in [1.82, 2.24) is 9.88 Å². The fourth-order valence-corrected chi connectivity index (χ4v) is 4.13. The van der Waals surface area contributed by atoms with E-state index in [1.807, 2.05) is 45.0 Å². The van der Waals surface area contributed by atoms with Gasteiger partial charge in [-0.3, -0.25) is 9.59 Å². The Morgan fingerprint density at radius 3 is 2.63 bits per heavy atom. The summed E-state index contributed by atoms with van der Waals surface area (Å²) in [6.07, 6.45) is 1.55. The molecule has 2 amide bonds. The van der Waals surface area contributed by atoms with Crippen LogP contribution in [0.3, 0.4) is 0 Å². The van der Waals surface area contributed by atoms with Crippen molar-refractivity contribution >= 4 is 28.3 Å². The number of carbonyl (C=O) groups is 2. The summed E-state index contributed by atoms with van der Waals surface area (Å²) in [6, 6.07) is 7.27. The van der Waals surface area contributed by atoms with Crippen LogP contribution in [0.4, 0.5) is 5.13 Å². The number of aryl methyl sites for hydroxylation is 1. The lowest BCUT2D eigenvalue weighted by Crippen LogP contribution is -2.44. The van der Waals surface area contributed by atoms with Gasteiger partial charge in [-0.25, -0.2) is 4.98 Å². The quantitative estimate of drug-likeness (QED) is 0.849. The Morgan fingerprint density at radius 2 is 2.00 bits per heavy atom. The Labute approximate surface area is 163 Å². The van der Waals surface area contributed by atoms with Gasteiger partial charge >= 0.3 is 0 Å². The van der Waals surface area contributed by atoms with Crippen LogP contribution >= 0.6 is 11.3 Å². The number of aromatic nitrogens is 1. The first-order valence-electron chi connectivity index (χ1n) is 9.14. The molecular formula is C20H25N3O3S. The van der Waals surface area contributed by atoms with Gasteiger partial charge in [-0.1, -0.05) is 13.8 Å². The topological polar surface area (TPSA) is 71.5 Å². The molecule has 0 spiro atoms. The standard InChI is InChI=1S/C20H25N3O3S/c1-12(2)19(25)23-11-5-6-16(23)18(24)22-20-21-17(13(3)27-20)14-7-9-15(26-4)10-8-14/h7-10,12,16H,5-6,11H2,1-4H3,(H,21,22,24). The second-order valence-corrected chi connectivity index (χ2v) is 8.19. The van der Waals surface area contributed by atoms with E-state index in [-0.39, 0.29) is 17.7 Å². The van der Waals surface area contributed by atoms with Crippen LogP contribution in [0.1, 0.15) is 31.6 Å². The van der Waals surface area contributed by atoms with Crippen molar-refractivity contribution in [2.75, 3.05) is 19.0 Å². The predicted molar refractivity (Wildman–Crippen MR) is 107 cm³/mol. The van der Waals surface area contributed by atoms with E-state index in [1.54, 1.807) is 12.0 Å². The van der Waals surface area contributed by atoms with Crippen molar-refractivity contribution in [3.05, 3.63) is 29.1 Å². The number of benzene rings is 1. The third-order valence-electron chi connectivity index (χ3n) is 4.72. The molecule has 1 unspecified atom stereocenters. The summed E-state index contributed by atoms with van der Waals surface area (Å²) in [7, 11) is 1.63. The minimum absolute atomic E-state index is 0.0295. The molecule has 1 fully saturated rings. The van der Waals surface area contributed by atoms with Crippen LogP contribution in [0.5, 0.6) is 5.75 Å². The molecule has 3 rings (SSSR count). The molecule has 1 saturated heterocycles. The van der Waals surface area contributed by atoms with Crippen LogP contribution in [-0.4, -0.2) is 41.4 Å². The van der Waals surface area contributed by atoms with E-state index in [2.05, 4.69) is 10.3 Å². The number of ether oxygens (including phenoxy) is 1. The first-order chi connectivity index (χ1) is 12.9. The van der Waals surface area contributed by atoms with Crippen molar-refractivity contribution in [2.24, 2.45) is 5.92 Å². The first-order valence-corrected chi connectivity index (χ1v) is 9.95. The van der Waals surface area contributed by atoms with E-state index in [0.29, 0.717) is 18.1 Å². The largest absolute Gasteiger partial charge is 0.497 e. The van der Waals surface area contributed by atoms with Gasteiger partial charge in [0.1, 0.15) is 11.8 Å². The summed E-state index contributed by atoms with van der Waals surface area (Å²) in [5.74, 6) is 0.553. The molecule has 1 aliphatic heterocycles. The molecular weight excluding hydrogens is 362 g/mol. The monoisotopic (exact) mass is 387 g/mol. The Morgan fingerprint density at radius 1 is 1.30 bits per heavy atom. The van der Waals surface area contributed by atoms with Gasteiger partial charge < -0.3 is 15.0 Å². The van der Waals surface area contributed by atoms with Crippen LogP contribution < -0.4 is 10.1 Å². The van der Waals surface area contributed by atoms with Crippen molar-refractivity contribution < 1.29 is 14.3 Å². The first kappa shape index (κ1) is 19.4. The Kier molecular flexibility index (Phi) is 5.79. The van der Waals surface area contributed by atoms with E-state index in [0.717, 1.165) is 28.3 Å². The smallest absolute Gasteiger partial charge is 0.248 e. The van der Waals surface area contributed by atoms with Gasteiger partial charge in [0, 0.05) is 22.9 Å². The highest BCUT2D eigenvalue weighted by atomic mass is 32.1. The Balaban J connectivity index is 1.74. The highest BCUT2D eigenvalue weighted by molar-refractivity contribution is 7.16. The number of nitrogens with zero attached hydrogens (tertiary/aromatic N) is 2. The highest BCUT2D eigenvalue weighted by Gasteiger charge is 2.35. The Hall–Kier alpha value is -2.41. The number of amides is 2. The molecule has 1 aromatic carbocycles. The third kappa shape index (κ3) is 4.13. The van der Waals surface area contributed by atoms with Crippen LogP contribution in [-0.2, 0) is 9.59 Å². The molecule has 1 atom stereocenters. The lowest BCUT2D eigenvalue weighted by atomic mass is 10.1. The maximum absolute atomic E-state index is 12.7. The number of anilines is 1. The summed E-state index contributed by atoms with van der Waals surface area (Å²) in [5.41, 5.74) is 1.82. The van der Waals surface area contributed by atoms with Crippen LogP contribution in [0.15, 0.2) is 24.3 Å². The fraction of sp³-hybridized carbons (Fsp3) is 0.450. The van der Waals surface area contributed by atoms with E-state index >= 15 is 0 Å². The molecule has 27 heavy (non-hydrogen) atoms. The second-order valence-electron chi connectivity index (χ2n) is 6.99. The van der Waals surface area contributed by atoms with Gasteiger partial charge in [-0.15, -0.1) is 11.3 Å². The highest BCUT2D eigenvalue weighted by Crippen LogP contribution is 2.32. The third-order valence-corrected chi connectivity index (χ3v) is 5.61. The molecule has 0 bridgehead atoms. The molecule has 7 heteroatoms. The van der Waals surface area contributed by atoms with Crippen molar-refractivity contribution in [1.29, 1.82) is 0 Å². The van der Waals surface area contributed by atoms with Crippen LogP contribution in [0, 0.1) is 12.8 Å². The number of likely N-dealkylation sites (tertiary alicyclic amines) is 1. The van der Waals surface area contributed by atoms with Crippen LogP contribution in [0.25, 0.3) is 11.3 Å². The molecule has 0 aliphatic carbocycles. The lowest BCUT2D eigenvalue weighted by Gasteiger charge is -2.25.